The number of hydrogen-bond acceptors (Lipinski definition) is 7. The maximum absolute atomic E-state index is 13.7. The number of aromatic nitrogens is 8. The number of rotatable bonds is 5. The van der Waals surface area contributed by atoms with Gasteiger partial charge in [-0.2, -0.15) is 5.10 Å². The maximum Gasteiger partial charge on any atom is 0.228 e. The fourth-order valence-electron chi connectivity index (χ4n) is 3.11. The van der Waals surface area contributed by atoms with Crippen molar-refractivity contribution in [2.45, 2.75) is 6.54 Å². The SMILES string of the molecule is Cn1nccc1Nc1nccc(-c2cnc3c(c2)nnn3Cc2ccc(Cl)c(F)c2)n1. The second-order valence-electron chi connectivity index (χ2n) is 6.79. The molecule has 1 N–H and O–H groups in total. The van der Waals surface area contributed by atoms with Gasteiger partial charge in [0, 0.05) is 31.1 Å². The quantitative estimate of drug-likeness (QED) is 0.450. The molecule has 0 unspecified atom stereocenters. The van der Waals surface area contributed by atoms with Crippen molar-refractivity contribution < 1.29 is 4.39 Å². The van der Waals surface area contributed by atoms with E-state index in [1.807, 2.05) is 19.2 Å². The van der Waals surface area contributed by atoms with E-state index in [0.29, 0.717) is 34.9 Å². The van der Waals surface area contributed by atoms with Crippen molar-refractivity contribution in [2.24, 2.45) is 7.05 Å². The van der Waals surface area contributed by atoms with Crippen molar-refractivity contribution in [3.05, 3.63) is 71.4 Å². The van der Waals surface area contributed by atoms with Crippen molar-refractivity contribution in [1.29, 1.82) is 0 Å². The van der Waals surface area contributed by atoms with Crippen LogP contribution >= 0.6 is 11.6 Å². The fraction of sp³-hybridized carbons (Fsp3) is 0.100. The highest BCUT2D eigenvalue weighted by molar-refractivity contribution is 6.30. The number of hydrogen-bond donors (Lipinski definition) is 1. The monoisotopic (exact) mass is 435 g/mol. The molecule has 0 aliphatic carbocycles. The number of nitrogens with zero attached hydrogens (tertiary/aromatic N) is 8. The van der Waals surface area contributed by atoms with Crippen LogP contribution in [0.2, 0.25) is 5.02 Å². The van der Waals surface area contributed by atoms with E-state index >= 15 is 0 Å². The molecule has 0 radical (unpaired) electrons. The highest BCUT2D eigenvalue weighted by Crippen LogP contribution is 2.22. The minimum absolute atomic E-state index is 0.0806. The number of nitrogens with one attached hydrogen (secondary N) is 1. The minimum Gasteiger partial charge on any atom is -0.309 e. The first-order chi connectivity index (χ1) is 15.1. The predicted octanol–water partition coefficient (Wildman–Crippen LogP) is 3.60. The van der Waals surface area contributed by atoms with Gasteiger partial charge in [-0.15, -0.1) is 5.10 Å². The highest BCUT2D eigenvalue weighted by Gasteiger charge is 2.11. The van der Waals surface area contributed by atoms with Gasteiger partial charge in [0.1, 0.15) is 17.2 Å². The molecule has 0 spiro atoms. The fourth-order valence-corrected chi connectivity index (χ4v) is 3.23. The van der Waals surface area contributed by atoms with Gasteiger partial charge in [0.25, 0.3) is 0 Å². The van der Waals surface area contributed by atoms with Crippen LogP contribution in [0.4, 0.5) is 16.2 Å². The van der Waals surface area contributed by atoms with E-state index in [2.05, 4.69) is 35.7 Å². The summed E-state index contributed by atoms with van der Waals surface area (Å²) in [5.41, 5.74) is 3.35. The summed E-state index contributed by atoms with van der Waals surface area (Å²) in [6, 6.07) is 10.1. The van der Waals surface area contributed by atoms with E-state index in [4.69, 9.17) is 11.6 Å². The van der Waals surface area contributed by atoms with E-state index < -0.39 is 5.82 Å². The molecule has 5 aromatic rings. The Balaban J connectivity index is 1.42. The Bertz CT molecular complexity index is 1390. The zero-order valence-electron chi connectivity index (χ0n) is 16.2. The van der Waals surface area contributed by atoms with Crippen molar-refractivity contribution in [1.82, 2.24) is 39.7 Å². The molecule has 5 rings (SSSR count). The van der Waals surface area contributed by atoms with Crippen molar-refractivity contribution in [3.63, 3.8) is 0 Å². The first-order valence-electron chi connectivity index (χ1n) is 9.28. The molecule has 0 amide bonds. The molecule has 0 saturated heterocycles. The third kappa shape index (κ3) is 3.80. The van der Waals surface area contributed by atoms with E-state index in [1.165, 1.54) is 12.1 Å². The average molecular weight is 436 g/mol. The van der Waals surface area contributed by atoms with Crippen molar-refractivity contribution in [2.75, 3.05) is 5.32 Å². The molecule has 0 aliphatic rings. The van der Waals surface area contributed by atoms with Crippen molar-refractivity contribution >= 4 is 34.5 Å². The number of benzene rings is 1. The van der Waals surface area contributed by atoms with Crippen LogP contribution in [0.1, 0.15) is 5.56 Å². The normalized spacial score (nSPS) is 11.2. The molecular formula is C20H15ClFN9. The Kier molecular flexibility index (Phi) is 4.75. The van der Waals surface area contributed by atoms with Gasteiger partial charge in [-0.3, -0.25) is 4.68 Å². The van der Waals surface area contributed by atoms with Gasteiger partial charge in [-0.05, 0) is 29.8 Å². The number of pyridine rings is 1. The molecule has 11 heteroatoms. The second-order valence-corrected chi connectivity index (χ2v) is 7.20. The molecule has 0 fully saturated rings. The number of anilines is 2. The lowest BCUT2D eigenvalue weighted by molar-refractivity contribution is 0.617. The van der Waals surface area contributed by atoms with Crippen molar-refractivity contribution in [3.8, 4) is 11.3 Å². The molecule has 9 nitrogen and oxygen atoms in total. The first-order valence-corrected chi connectivity index (χ1v) is 9.66. The zero-order chi connectivity index (χ0) is 21.4. The third-order valence-electron chi connectivity index (χ3n) is 4.68. The van der Waals surface area contributed by atoms with Gasteiger partial charge >= 0.3 is 0 Å². The molecular weight excluding hydrogens is 421 g/mol. The molecule has 0 bridgehead atoms. The molecule has 154 valence electrons. The Labute approximate surface area is 180 Å². The van der Waals surface area contributed by atoms with Crippen LogP contribution < -0.4 is 5.32 Å². The summed E-state index contributed by atoms with van der Waals surface area (Å²) in [6.07, 6.45) is 5.05. The maximum atomic E-state index is 13.7. The summed E-state index contributed by atoms with van der Waals surface area (Å²) in [7, 11) is 1.83. The molecule has 4 heterocycles. The third-order valence-corrected chi connectivity index (χ3v) is 4.99. The Morgan fingerprint density at radius 1 is 1.10 bits per heavy atom. The average Bonchev–Trinajstić information content (AvgIpc) is 3.36. The van der Waals surface area contributed by atoms with E-state index in [-0.39, 0.29) is 5.02 Å². The van der Waals surface area contributed by atoms with Gasteiger partial charge in [-0.25, -0.2) is 24.0 Å². The van der Waals surface area contributed by atoms with Crippen LogP contribution in [0.3, 0.4) is 0 Å². The number of fused-ring (bicyclic) bond motifs is 1. The zero-order valence-corrected chi connectivity index (χ0v) is 17.0. The van der Waals surface area contributed by atoms with Crippen LogP contribution in [0.15, 0.2) is 55.0 Å². The van der Waals surface area contributed by atoms with Crippen LogP contribution in [0.5, 0.6) is 0 Å². The predicted molar refractivity (Wildman–Crippen MR) is 113 cm³/mol. The highest BCUT2D eigenvalue weighted by atomic mass is 35.5. The molecule has 1 aromatic carbocycles. The lowest BCUT2D eigenvalue weighted by Crippen LogP contribution is -2.04. The lowest BCUT2D eigenvalue weighted by Gasteiger charge is -2.07. The Morgan fingerprint density at radius 2 is 2.00 bits per heavy atom. The van der Waals surface area contributed by atoms with Gasteiger partial charge in [-0.1, -0.05) is 22.9 Å². The number of halogens is 2. The standard InChI is InChI=1S/C20H15ClFN9/c1-30-18(5-7-25-30)27-20-23-6-4-16(26-20)13-9-17-19(24-10-13)31(29-28-17)11-12-2-3-14(21)15(22)8-12/h2-10H,11H2,1H3,(H,23,26,27). The molecule has 0 aliphatic heterocycles. The second kappa shape index (κ2) is 7.73. The number of aryl methyl sites for hydroxylation is 1. The smallest absolute Gasteiger partial charge is 0.228 e. The van der Waals surface area contributed by atoms with E-state index in [1.54, 1.807) is 40.1 Å². The first kappa shape index (κ1) is 19.1. The molecule has 31 heavy (non-hydrogen) atoms. The van der Waals surface area contributed by atoms with E-state index in [9.17, 15) is 4.39 Å². The van der Waals surface area contributed by atoms with Crippen LogP contribution in [-0.2, 0) is 13.6 Å². The Morgan fingerprint density at radius 3 is 2.81 bits per heavy atom. The summed E-state index contributed by atoms with van der Waals surface area (Å²) < 4.78 is 17.0. The van der Waals surface area contributed by atoms with Crippen LogP contribution in [0.25, 0.3) is 22.4 Å². The molecule has 0 saturated carbocycles. The van der Waals surface area contributed by atoms with Crippen LogP contribution in [-0.4, -0.2) is 39.7 Å². The lowest BCUT2D eigenvalue weighted by atomic mass is 10.2. The summed E-state index contributed by atoms with van der Waals surface area (Å²) in [5, 5.41) is 15.7. The molecule has 0 atom stereocenters. The largest absolute Gasteiger partial charge is 0.309 e. The minimum atomic E-state index is -0.474. The van der Waals surface area contributed by atoms with Gasteiger partial charge in [0.05, 0.1) is 23.5 Å². The van der Waals surface area contributed by atoms with Gasteiger partial charge in [0.15, 0.2) is 5.65 Å². The van der Waals surface area contributed by atoms with Gasteiger partial charge < -0.3 is 5.32 Å². The summed E-state index contributed by atoms with van der Waals surface area (Å²) in [5.74, 6) is 0.736. The summed E-state index contributed by atoms with van der Waals surface area (Å²) >= 11 is 5.75. The van der Waals surface area contributed by atoms with Crippen LogP contribution in [0, 0.1) is 5.82 Å². The molecule has 4 aromatic heterocycles. The summed E-state index contributed by atoms with van der Waals surface area (Å²) in [6.45, 7) is 0.323. The topological polar surface area (TPSA) is 99.2 Å². The Hall–Kier alpha value is -3.92. The van der Waals surface area contributed by atoms with Gasteiger partial charge in [0.2, 0.25) is 5.95 Å². The summed E-state index contributed by atoms with van der Waals surface area (Å²) in [4.78, 5) is 13.3. The van der Waals surface area contributed by atoms with E-state index in [0.717, 1.165) is 11.4 Å².